The number of rotatable bonds is 2. The number of hydrogen-bond acceptors (Lipinski definition) is 3. The van der Waals surface area contributed by atoms with Gasteiger partial charge in [0.2, 0.25) is 0 Å². The van der Waals surface area contributed by atoms with Crippen LogP contribution in [0, 0.1) is 0 Å². The zero-order valence-corrected chi connectivity index (χ0v) is 9.30. The summed E-state index contributed by atoms with van der Waals surface area (Å²) in [7, 11) is 0. The average molecular weight is 200 g/mol. The van der Waals surface area contributed by atoms with Crippen molar-refractivity contribution >= 4 is 6.09 Å². The first-order chi connectivity index (χ1) is 6.49. The predicted molar refractivity (Wildman–Crippen MR) is 55.0 cm³/mol. The molecule has 1 amide bonds. The van der Waals surface area contributed by atoms with Gasteiger partial charge < -0.3 is 9.64 Å². The summed E-state index contributed by atoms with van der Waals surface area (Å²) in [5, 5.41) is 3.11. The molecule has 0 aromatic rings. The van der Waals surface area contributed by atoms with E-state index in [0.717, 1.165) is 25.9 Å². The van der Waals surface area contributed by atoms with Crippen LogP contribution in [0.1, 0.15) is 33.6 Å². The van der Waals surface area contributed by atoms with E-state index < -0.39 is 0 Å². The lowest BCUT2D eigenvalue weighted by Gasteiger charge is -2.21. The van der Waals surface area contributed by atoms with Crippen LogP contribution in [-0.4, -0.2) is 36.4 Å². The topological polar surface area (TPSA) is 41.6 Å². The average Bonchev–Trinajstić information content (AvgIpc) is 2.53. The SMILES string of the molecule is CC(C)(C)NCOC(=O)N1CCCC1. The third-order valence-corrected chi connectivity index (χ3v) is 2.16. The van der Waals surface area contributed by atoms with Crippen molar-refractivity contribution in [3.05, 3.63) is 0 Å². The lowest BCUT2D eigenvalue weighted by atomic mass is 10.1. The normalized spacial score (nSPS) is 17.2. The second-order valence-corrected chi connectivity index (χ2v) is 4.68. The Balaban J connectivity index is 2.15. The first-order valence-corrected chi connectivity index (χ1v) is 5.16. The van der Waals surface area contributed by atoms with Gasteiger partial charge in [0.1, 0.15) is 6.73 Å². The second kappa shape index (κ2) is 4.64. The highest BCUT2D eigenvalue weighted by atomic mass is 16.6. The molecule has 1 aliphatic heterocycles. The Morgan fingerprint density at radius 2 is 1.93 bits per heavy atom. The van der Waals surface area contributed by atoms with Crippen molar-refractivity contribution in [1.29, 1.82) is 0 Å². The first kappa shape index (κ1) is 11.3. The van der Waals surface area contributed by atoms with E-state index in [0.29, 0.717) is 6.73 Å². The summed E-state index contributed by atoms with van der Waals surface area (Å²) in [6.45, 7) is 8.09. The van der Waals surface area contributed by atoms with Crippen molar-refractivity contribution in [3.8, 4) is 0 Å². The van der Waals surface area contributed by atoms with E-state index in [-0.39, 0.29) is 11.6 Å². The lowest BCUT2D eigenvalue weighted by molar-refractivity contribution is 0.0943. The van der Waals surface area contributed by atoms with Crippen molar-refractivity contribution < 1.29 is 9.53 Å². The number of hydrogen-bond donors (Lipinski definition) is 1. The van der Waals surface area contributed by atoms with Crippen LogP contribution in [0.4, 0.5) is 4.79 Å². The molecule has 82 valence electrons. The monoisotopic (exact) mass is 200 g/mol. The summed E-state index contributed by atoms with van der Waals surface area (Å²) < 4.78 is 5.08. The van der Waals surface area contributed by atoms with E-state index in [1.165, 1.54) is 0 Å². The van der Waals surface area contributed by atoms with Gasteiger partial charge in [-0.2, -0.15) is 0 Å². The molecule has 14 heavy (non-hydrogen) atoms. The summed E-state index contributed by atoms with van der Waals surface area (Å²) in [5.41, 5.74) is -0.00864. The summed E-state index contributed by atoms with van der Waals surface area (Å²) in [6.07, 6.45) is 2.00. The van der Waals surface area contributed by atoms with Gasteiger partial charge in [0.15, 0.2) is 0 Å². The van der Waals surface area contributed by atoms with Crippen molar-refractivity contribution in [2.45, 2.75) is 39.2 Å². The molecule has 1 heterocycles. The third-order valence-electron chi connectivity index (χ3n) is 2.16. The van der Waals surface area contributed by atoms with E-state index in [1.54, 1.807) is 4.90 Å². The van der Waals surface area contributed by atoms with Crippen LogP contribution in [0.25, 0.3) is 0 Å². The zero-order valence-electron chi connectivity index (χ0n) is 9.30. The van der Waals surface area contributed by atoms with E-state index in [4.69, 9.17) is 4.74 Å². The number of carbonyl (C=O) groups excluding carboxylic acids is 1. The number of likely N-dealkylation sites (tertiary alicyclic amines) is 1. The molecule has 0 aromatic carbocycles. The van der Waals surface area contributed by atoms with Gasteiger partial charge >= 0.3 is 6.09 Å². The molecule has 0 aliphatic carbocycles. The summed E-state index contributed by atoms with van der Waals surface area (Å²) in [4.78, 5) is 13.1. The van der Waals surface area contributed by atoms with Gasteiger partial charge in [-0.1, -0.05) is 0 Å². The third kappa shape index (κ3) is 3.96. The molecule has 0 radical (unpaired) electrons. The van der Waals surface area contributed by atoms with Crippen LogP contribution < -0.4 is 5.32 Å². The molecule has 0 atom stereocenters. The van der Waals surface area contributed by atoms with Gasteiger partial charge in [-0.05, 0) is 33.6 Å². The Morgan fingerprint density at radius 1 is 1.36 bits per heavy atom. The highest BCUT2D eigenvalue weighted by molar-refractivity contribution is 5.67. The maximum Gasteiger partial charge on any atom is 0.411 e. The first-order valence-electron chi connectivity index (χ1n) is 5.16. The Morgan fingerprint density at radius 3 is 2.43 bits per heavy atom. The Bertz CT molecular complexity index is 193. The molecule has 4 heteroatoms. The number of amides is 1. The highest BCUT2D eigenvalue weighted by Crippen LogP contribution is 2.08. The van der Waals surface area contributed by atoms with Crippen LogP contribution in [-0.2, 0) is 4.74 Å². The molecular weight excluding hydrogens is 180 g/mol. The molecule has 0 saturated carbocycles. The van der Waals surface area contributed by atoms with Crippen LogP contribution in [0.15, 0.2) is 0 Å². The van der Waals surface area contributed by atoms with Crippen molar-refractivity contribution in [2.24, 2.45) is 0 Å². The minimum absolute atomic E-state index is 0.00864. The molecule has 1 saturated heterocycles. The largest absolute Gasteiger partial charge is 0.433 e. The molecule has 1 rings (SSSR count). The molecule has 1 aliphatic rings. The van der Waals surface area contributed by atoms with Gasteiger partial charge in [-0.25, -0.2) is 4.79 Å². The highest BCUT2D eigenvalue weighted by Gasteiger charge is 2.19. The Hall–Kier alpha value is -0.770. The van der Waals surface area contributed by atoms with E-state index in [9.17, 15) is 4.79 Å². The molecule has 0 aromatic heterocycles. The molecular formula is C10H20N2O2. The van der Waals surface area contributed by atoms with E-state index >= 15 is 0 Å². The maximum absolute atomic E-state index is 11.4. The minimum atomic E-state index is -0.195. The number of ether oxygens (including phenoxy) is 1. The van der Waals surface area contributed by atoms with Crippen molar-refractivity contribution in [2.75, 3.05) is 19.8 Å². The molecule has 4 nitrogen and oxygen atoms in total. The van der Waals surface area contributed by atoms with Gasteiger partial charge in [0.25, 0.3) is 0 Å². The standard InChI is InChI=1S/C10H20N2O2/c1-10(2,3)11-8-14-9(13)12-6-4-5-7-12/h11H,4-8H2,1-3H3. The molecule has 0 unspecified atom stereocenters. The fourth-order valence-electron chi connectivity index (χ4n) is 1.31. The number of nitrogens with one attached hydrogen (secondary N) is 1. The summed E-state index contributed by atoms with van der Waals surface area (Å²) in [6, 6.07) is 0. The van der Waals surface area contributed by atoms with Gasteiger partial charge in [-0.15, -0.1) is 0 Å². The maximum atomic E-state index is 11.4. The van der Waals surface area contributed by atoms with E-state index in [2.05, 4.69) is 5.32 Å². The fourth-order valence-corrected chi connectivity index (χ4v) is 1.31. The van der Waals surface area contributed by atoms with Gasteiger partial charge in [0, 0.05) is 18.6 Å². The Kier molecular flexibility index (Phi) is 3.75. The fraction of sp³-hybridized carbons (Fsp3) is 0.900. The lowest BCUT2D eigenvalue weighted by Crippen LogP contribution is -2.40. The summed E-state index contributed by atoms with van der Waals surface area (Å²) >= 11 is 0. The smallest absolute Gasteiger partial charge is 0.411 e. The van der Waals surface area contributed by atoms with E-state index in [1.807, 2.05) is 20.8 Å². The predicted octanol–water partition coefficient (Wildman–Crippen LogP) is 1.56. The Labute approximate surface area is 85.6 Å². The number of carbonyl (C=O) groups is 1. The molecule has 0 bridgehead atoms. The van der Waals surface area contributed by atoms with Gasteiger partial charge in [-0.3, -0.25) is 5.32 Å². The molecule has 0 spiro atoms. The molecule has 1 N–H and O–H groups in total. The van der Waals surface area contributed by atoms with Crippen LogP contribution >= 0.6 is 0 Å². The summed E-state index contributed by atoms with van der Waals surface area (Å²) in [5.74, 6) is 0. The molecule has 1 fully saturated rings. The van der Waals surface area contributed by atoms with Crippen LogP contribution in [0.2, 0.25) is 0 Å². The van der Waals surface area contributed by atoms with Crippen LogP contribution in [0.3, 0.4) is 0 Å². The van der Waals surface area contributed by atoms with Crippen LogP contribution in [0.5, 0.6) is 0 Å². The number of nitrogens with zero attached hydrogens (tertiary/aromatic N) is 1. The zero-order chi connectivity index (χ0) is 10.6. The minimum Gasteiger partial charge on any atom is -0.433 e. The quantitative estimate of drug-likeness (QED) is 0.688. The van der Waals surface area contributed by atoms with Crippen molar-refractivity contribution in [3.63, 3.8) is 0 Å². The second-order valence-electron chi connectivity index (χ2n) is 4.68. The van der Waals surface area contributed by atoms with Crippen molar-refractivity contribution in [1.82, 2.24) is 10.2 Å². The van der Waals surface area contributed by atoms with Gasteiger partial charge in [0.05, 0.1) is 0 Å².